The van der Waals surface area contributed by atoms with Crippen molar-refractivity contribution in [3.8, 4) is 23.0 Å². The minimum atomic E-state index is -0.196. The molecule has 0 spiro atoms. The van der Waals surface area contributed by atoms with E-state index in [1.54, 1.807) is 12.1 Å². The summed E-state index contributed by atoms with van der Waals surface area (Å²) in [6, 6.07) is 9.03. The Kier molecular flexibility index (Phi) is 4.87. The number of hydrogen-bond donors (Lipinski definition) is 1. The molecule has 0 saturated heterocycles. The van der Waals surface area contributed by atoms with Gasteiger partial charge in [-0.25, -0.2) is 0 Å². The van der Waals surface area contributed by atoms with E-state index in [1.165, 1.54) is 34.4 Å². The number of amides is 1. The molecule has 1 N–H and O–H groups in total. The van der Waals surface area contributed by atoms with Gasteiger partial charge < -0.3 is 13.9 Å². The van der Waals surface area contributed by atoms with Crippen LogP contribution in [0.2, 0.25) is 0 Å². The zero-order chi connectivity index (χ0) is 19.6. The molecule has 1 aliphatic rings. The van der Waals surface area contributed by atoms with E-state index in [-0.39, 0.29) is 12.7 Å². The number of thioether (sulfide) groups is 1. The zero-order valence-electron chi connectivity index (χ0n) is 14.5. The van der Waals surface area contributed by atoms with Gasteiger partial charge in [0.2, 0.25) is 23.7 Å². The average Bonchev–Trinajstić information content (AvgIpc) is 3.53. The molecule has 0 saturated carbocycles. The second kappa shape index (κ2) is 7.81. The van der Waals surface area contributed by atoms with Crippen molar-refractivity contribution < 1.29 is 18.7 Å². The van der Waals surface area contributed by atoms with Gasteiger partial charge in [0.15, 0.2) is 15.8 Å². The molecular formula is C17H11N5O4S3. The molecule has 12 heteroatoms. The van der Waals surface area contributed by atoms with E-state index >= 15 is 0 Å². The summed E-state index contributed by atoms with van der Waals surface area (Å²) in [5.41, 5.74) is 0.757. The highest BCUT2D eigenvalue weighted by atomic mass is 32.2. The lowest BCUT2D eigenvalue weighted by Crippen LogP contribution is -2.09. The Morgan fingerprint density at radius 2 is 2.07 bits per heavy atom. The number of aromatic nitrogens is 4. The maximum absolute atomic E-state index is 12.1. The van der Waals surface area contributed by atoms with Gasteiger partial charge in [0.1, 0.15) is 0 Å². The molecule has 1 aliphatic heterocycles. The van der Waals surface area contributed by atoms with E-state index < -0.39 is 0 Å². The van der Waals surface area contributed by atoms with E-state index in [9.17, 15) is 4.79 Å². The third-order valence-electron chi connectivity index (χ3n) is 3.78. The van der Waals surface area contributed by atoms with Crippen LogP contribution in [0.5, 0.6) is 11.5 Å². The van der Waals surface area contributed by atoms with Crippen molar-refractivity contribution in [1.29, 1.82) is 0 Å². The number of carbonyl (C=O) groups excluding carboxylic acids is 1. The summed E-state index contributed by atoms with van der Waals surface area (Å²) in [5.74, 6) is 2.45. The zero-order valence-corrected chi connectivity index (χ0v) is 17.0. The van der Waals surface area contributed by atoms with Gasteiger partial charge in [-0.2, -0.15) is 0 Å². The molecule has 29 heavy (non-hydrogen) atoms. The topological polar surface area (TPSA) is 112 Å². The lowest BCUT2D eigenvalue weighted by atomic mass is 10.2. The number of benzene rings is 1. The molecule has 4 aromatic rings. The molecule has 1 amide bonds. The van der Waals surface area contributed by atoms with Gasteiger partial charge in [0, 0.05) is 5.56 Å². The van der Waals surface area contributed by atoms with Crippen LogP contribution in [-0.4, -0.2) is 33.1 Å². The summed E-state index contributed by atoms with van der Waals surface area (Å²) in [5, 5.41) is 21.2. The molecule has 3 aromatic heterocycles. The predicted molar refractivity (Wildman–Crippen MR) is 108 cm³/mol. The molecule has 146 valence electrons. The maximum atomic E-state index is 12.1. The van der Waals surface area contributed by atoms with Gasteiger partial charge >= 0.3 is 0 Å². The fraction of sp³-hybridized carbons (Fsp3) is 0.118. The van der Waals surface area contributed by atoms with Crippen molar-refractivity contribution >= 4 is 45.5 Å². The predicted octanol–water partition coefficient (Wildman–Crippen LogP) is 3.92. The van der Waals surface area contributed by atoms with Crippen molar-refractivity contribution in [1.82, 2.24) is 20.4 Å². The minimum absolute atomic E-state index is 0.196. The fourth-order valence-corrected chi connectivity index (χ4v) is 4.67. The molecule has 0 aliphatic carbocycles. The fourth-order valence-electron chi connectivity index (χ4n) is 2.47. The van der Waals surface area contributed by atoms with Crippen LogP contribution in [0.1, 0.15) is 15.6 Å². The highest BCUT2D eigenvalue weighted by Gasteiger charge is 2.17. The Morgan fingerprint density at radius 1 is 1.14 bits per heavy atom. The molecule has 5 rings (SSSR count). The van der Waals surface area contributed by atoms with Crippen molar-refractivity contribution in [2.24, 2.45) is 0 Å². The van der Waals surface area contributed by atoms with Crippen molar-refractivity contribution in [3.63, 3.8) is 0 Å². The molecular weight excluding hydrogens is 434 g/mol. The Bertz CT molecular complexity index is 1160. The van der Waals surface area contributed by atoms with Gasteiger partial charge in [0.25, 0.3) is 5.91 Å². The number of thiophene rings is 1. The first-order chi connectivity index (χ1) is 14.2. The summed E-state index contributed by atoms with van der Waals surface area (Å²) >= 11 is 4.06. The Morgan fingerprint density at radius 3 is 2.97 bits per heavy atom. The van der Waals surface area contributed by atoms with Crippen molar-refractivity contribution in [2.75, 3.05) is 12.1 Å². The Balaban J connectivity index is 1.20. The van der Waals surface area contributed by atoms with Gasteiger partial charge in [0.05, 0.1) is 10.6 Å². The number of carbonyl (C=O) groups is 1. The third-order valence-corrected chi connectivity index (χ3v) is 6.60. The SMILES string of the molecule is O=C(Nc1nnc(SCc2nnc(-c3ccc4c(c3)OCO4)o2)s1)c1cccs1. The quantitative estimate of drug-likeness (QED) is 0.348. The molecule has 9 nitrogen and oxygen atoms in total. The first-order valence-corrected chi connectivity index (χ1v) is 11.0. The molecule has 0 fully saturated rings. The maximum Gasteiger partial charge on any atom is 0.267 e. The molecule has 0 atom stereocenters. The molecule has 0 unspecified atom stereocenters. The monoisotopic (exact) mass is 445 g/mol. The number of rotatable bonds is 6. The van der Waals surface area contributed by atoms with Gasteiger partial charge in [-0.3, -0.25) is 10.1 Å². The van der Waals surface area contributed by atoms with E-state index in [2.05, 4.69) is 25.7 Å². The number of anilines is 1. The molecule has 4 heterocycles. The highest BCUT2D eigenvalue weighted by Crippen LogP contribution is 2.36. The van der Waals surface area contributed by atoms with Crippen LogP contribution >= 0.6 is 34.4 Å². The van der Waals surface area contributed by atoms with Crippen LogP contribution in [-0.2, 0) is 5.75 Å². The highest BCUT2D eigenvalue weighted by molar-refractivity contribution is 8.00. The van der Waals surface area contributed by atoms with Crippen LogP contribution in [0.25, 0.3) is 11.5 Å². The summed E-state index contributed by atoms with van der Waals surface area (Å²) in [6.45, 7) is 0.210. The lowest BCUT2D eigenvalue weighted by molar-refractivity contribution is 0.103. The molecule has 0 radical (unpaired) electrons. The summed E-state index contributed by atoms with van der Waals surface area (Å²) in [4.78, 5) is 12.7. The van der Waals surface area contributed by atoms with Crippen LogP contribution in [0.3, 0.4) is 0 Å². The number of ether oxygens (including phenoxy) is 2. The van der Waals surface area contributed by atoms with Crippen LogP contribution in [0, 0.1) is 0 Å². The largest absolute Gasteiger partial charge is 0.454 e. The summed E-state index contributed by atoms with van der Waals surface area (Å²) in [6.07, 6.45) is 0. The first-order valence-electron chi connectivity index (χ1n) is 8.28. The van der Waals surface area contributed by atoms with Crippen LogP contribution < -0.4 is 14.8 Å². The standard InChI is InChI=1S/C17H11N5O4S3/c23-14(12-2-1-5-27-12)18-16-21-22-17(29-16)28-7-13-19-20-15(26-13)9-3-4-10-11(6-9)25-8-24-10/h1-6H,7-8H2,(H,18,21,23). The Labute approximate surface area is 176 Å². The van der Waals surface area contributed by atoms with E-state index in [1.807, 2.05) is 23.6 Å². The smallest absolute Gasteiger partial charge is 0.267 e. The van der Waals surface area contributed by atoms with Gasteiger partial charge in [-0.1, -0.05) is 29.2 Å². The van der Waals surface area contributed by atoms with Crippen molar-refractivity contribution in [2.45, 2.75) is 10.1 Å². The number of fused-ring (bicyclic) bond motifs is 1. The minimum Gasteiger partial charge on any atom is -0.454 e. The normalized spacial score (nSPS) is 12.3. The number of hydrogen-bond acceptors (Lipinski definition) is 11. The third kappa shape index (κ3) is 3.95. The van der Waals surface area contributed by atoms with E-state index in [4.69, 9.17) is 13.9 Å². The van der Waals surface area contributed by atoms with Crippen LogP contribution in [0.4, 0.5) is 5.13 Å². The van der Waals surface area contributed by atoms with Gasteiger partial charge in [-0.05, 0) is 29.6 Å². The summed E-state index contributed by atoms with van der Waals surface area (Å²) in [7, 11) is 0. The van der Waals surface area contributed by atoms with E-state index in [0.29, 0.717) is 43.4 Å². The van der Waals surface area contributed by atoms with Gasteiger partial charge in [-0.15, -0.1) is 31.7 Å². The van der Waals surface area contributed by atoms with E-state index in [0.717, 1.165) is 5.56 Å². The molecule has 1 aromatic carbocycles. The molecule has 0 bridgehead atoms. The lowest BCUT2D eigenvalue weighted by Gasteiger charge is -1.98. The number of nitrogens with zero attached hydrogens (tertiary/aromatic N) is 4. The Hall–Kier alpha value is -2.96. The average molecular weight is 446 g/mol. The van der Waals surface area contributed by atoms with Crippen LogP contribution in [0.15, 0.2) is 44.5 Å². The number of nitrogens with one attached hydrogen (secondary N) is 1. The summed E-state index contributed by atoms with van der Waals surface area (Å²) < 4.78 is 17.1. The second-order valence-electron chi connectivity index (χ2n) is 5.66. The first kappa shape index (κ1) is 18.1. The second-order valence-corrected chi connectivity index (χ2v) is 8.81. The van der Waals surface area contributed by atoms with Crippen molar-refractivity contribution in [3.05, 3.63) is 46.5 Å².